The quantitative estimate of drug-likeness (QED) is 0.570. The summed E-state index contributed by atoms with van der Waals surface area (Å²) >= 11 is 0. The van der Waals surface area contributed by atoms with Crippen LogP contribution in [0.15, 0.2) is 48.5 Å². The molecule has 0 saturated carbocycles. The minimum atomic E-state index is -3.24. The van der Waals surface area contributed by atoms with Gasteiger partial charge in [0.15, 0.2) is 6.61 Å². The molecular weight excluding hydrogens is 416 g/mol. The Labute approximate surface area is 185 Å². The van der Waals surface area contributed by atoms with Gasteiger partial charge in [-0.2, -0.15) is 0 Å². The summed E-state index contributed by atoms with van der Waals surface area (Å²) in [5.74, 6) is 1.52. The normalized spacial score (nSPS) is 12.6. The molecule has 0 radical (unpaired) electrons. The molecule has 0 fully saturated rings. The van der Waals surface area contributed by atoms with Crippen molar-refractivity contribution >= 4 is 15.9 Å². The van der Waals surface area contributed by atoms with E-state index in [1.165, 1.54) is 17.6 Å². The number of hydrogen-bond donors (Lipinski definition) is 1. The van der Waals surface area contributed by atoms with Crippen molar-refractivity contribution in [1.82, 2.24) is 9.62 Å². The zero-order valence-corrected chi connectivity index (χ0v) is 19.6. The van der Waals surface area contributed by atoms with Crippen molar-refractivity contribution in [3.63, 3.8) is 0 Å². The van der Waals surface area contributed by atoms with Crippen LogP contribution in [-0.4, -0.2) is 45.7 Å². The molecule has 170 valence electrons. The van der Waals surface area contributed by atoms with Crippen LogP contribution >= 0.6 is 0 Å². The molecule has 0 bridgehead atoms. The van der Waals surface area contributed by atoms with E-state index in [-0.39, 0.29) is 25.1 Å². The van der Waals surface area contributed by atoms with Crippen LogP contribution in [-0.2, 0) is 21.4 Å². The van der Waals surface area contributed by atoms with Gasteiger partial charge in [-0.25, -0.2) is 12.7 Å². The standard InChI is InChI=1S/C23H32N2O5S/c1-17(2)14-22(19-8-12-20(29-4)13-9-19)24-23(26)16-30-21-10-6-18(7-11-21)15-25(3)31(5,27)28/h6-13,17,22H,14-16H2,1-5H3,(H,24,26)/t22-/m0/s1. The predicted molar refractivity (Wildman–Crippen MR) is 122 cm³/mol. The maximum atomic E-state index is 12.5. The summed E-state index contributed by atoms with van der Waals surface area (Å²) in [6, 6.07) is 14.6. The molecule has 0 aliphatic heterocycles. The van der Waals surface area contributed by atoms with Gasteiger partial charge >= 0.3 is 0 Å². The highest BCUT2D eigenvalue weighted by molar-refractivity contribution is 7.88. The van der Waals surface area contributed by atoms with E-state index in [0.717, 1.165) is 23.3 Å². The number of carbonyl (C=O) groups excluding carboxylic acids is 1. The fourth-order valence-electron chi connectivity index (χ4n) is 3.04. The monoisotopic (exact) mass is 448 g/mol. The third kappa shape index (κ3) is 8.22. The Balaban J connectivity index is 1.93. The number of benzene rings is 2. The smallest absolute Gasteiger partial charge is 0.258 e. The average molecular weight is 449 g/mol. The summed E-state index contributed by atoms with van der Waals surface area (Å²) < 4.78 is 35.1. The third-order valence-electron chi connectivity index (χ3n) is 4.83. The van der Waals surface area contributed by atoms with Crippen molar-refractivity contribution < 1.29 is 22.7 Å². The Hall–Kier alpha value is -2.58. The number of nitrogens with one attached hydrogen (secondary N) is 1. The first-order valence-electron chi connectivity index (χ1n) is 10.1. The summed E-state index contributed by atoms with van der Waals surface area (Å²) in [6.45, 7) is 4.40. The lowest BCUT2D eigenvalue weighted by Gasteiger charge is -2.21. The Bertz CT molecular complexity index is 941. The van der Waals surface area contributed by atoms with Crippen molar-refractivity contribution in [1.29, 1.82) is 0 Å². The first-order chi connectivity index (χ1) is 14.6. The number of sulfonamides is 1. The Morgan fingerprint density at radius 3 is 2.13 bits per heavy atom. The van der Waals surface area contributed by atoms with Gasteiger partial charge in [0.2, 0.25) is 10.0 Å². The minimum Gasteiger partial charge on any atom is -0.497 e. The van der Waals surface area contributed by atoms with E-state index in [1.807, 2.05) is 24.3 Å². The molecular formula is C23H32N2O5S. The van der Waals surface area contributed by atoms with Crippen LogP contribution in [0.2, 0.25) is 0 Å². The molecule has 0 aromatic heterocycles. The molecule has 8 heteroatoms. The highest BCUT2D eigenvalue weighted by Crippen LogP contribution is 2.23. The van der Waals surface area contributed by atoms with Gasteiger partial charge in [-0.05, 0) is 47.7 Å². The van der Waals surface area contributed by atoms with Gasteiger partial charge in [-0.1, -0.05) is 38.1 Å². The Morgan fingerprint density at radius 1 is 1.03 bits per heavy atom. The van der Waals surface area contributed by atoms with Crippen molar-refractivity contribution in [3.8, 4) is 11.5 Å². The van der Waals surface area contributed by atoms with Gasteiger partial charge in [0.05, 0.1) is 19.4 Å². The molecule has 0 aliphatic carbocycles. The fraction of sp³-hybridized carbons (Fsp3) is 0.435. The molecule has 7 nitrogen and oxygen atoms in total. The molecule has 0 heterocycles. The van der Waals surface area contributed by atoms with E-state index in [0.29, 0.717) is 11.7 Å². The summed E-state index contributed by atoms with van der Waals surface area (Å²) in [5, 5.41) is 3.05. The summed E-state index contributed by atoms with van der Waals surface area (Å²) in [6.07, 6.45) is 1.97. The molecule has 1 N–H and O–H groups in total. The van der Waals surface area contributed by atoms with E-state index in [2.05, 4.69) is 19.2 Å². The van der Waals surface area contributed by atoms with E-state index in [4.69, 9.17) is 9.47 Å². The van der Waals surface area contributed by atoms with E-state index < -0.39 is 10.0 Å². The highest BCUT2D eigenvalue weighted by atomic mass is 32.2. The lowest BCUT2D eigenvalue weighted by molar-refractivity contribution is -0.124. The number of rotatable bonds is 11. The summed E-state index contributed by atoms with van der Waals surface area (Å²) in [4.78, 5) is 12.5. The molecule has 0 aliphatic rings. The van der Waals surface area contributed by atoms with Crippen LogP contribution < -0.4 is 14.8 Å². The number of carbonyl (C=O) groups is 1. The van der Waals surface area contributed by atoms with E-state index >= 15 is 0 Å². The lowest BCUT2D eigenvalue weighted by Crippen LogP contribution is -2.33. The lowest BCUT2D eigenvalue weighted by atomic mass is 9.97. The second-order valence-electron chi connectivity index (χ2n) is 7.97. The van der Waals surface area contributed by atoms with Crippen molar-refractivity contribution in [2.45, 2.75) is 32.9 Å². The topological polar surface area (TPSA) is 84.9 Å². The zero-order chi connectivity index (χ0) is 23.0. The number of nitrogens with zero attached hydrogens (tertiary/aromatic N) is 1. The fourth-order valence-corrected chi connectivity index (χ4v) is 3.42. The average Bonchev–Trinajstić information content (AvgIpc) is 2.72. The van der Waals surface area contributed by atoms with Crippen molar-refractivity contribution in [2.24, 2.45) is 5.92 Å². The van der Waals surface area contributed by atoms with Gasteiger partial charge < -0.3 is 14.8 Å². The van der Waals surface area contributed by atoms with Crippen LogP contribution in [0.25, 0.3) is 0 Å². The Morgan fingerprint density at radius 2 is 1.61 bits per heavy atom. The molecule has 0 saturated heterocycles. The van der Waals surface area contributed by atoms with Gasteiger partial charge in [-0.3, -0.25) is 4.79 Å². The van der Waals surface area contributed by atoms with Crippen molar-refractivity contribution in [3.05, 3.63) is 59.7 Å². The van der Waals surface area contributed by atoms with Crippen LogP contribution in [0.5, 0.6) is 11.5 Å². The first-order valence-corrected chi connectivity index (χ1v) is 12.0. The maximum absolute atomic E-state index is 12.5. The number of ether oxygens (including phenoxy) is 2. The third-order valence-corrected chi connectivity index (χ3v) is 6.09. The van der Waals surface area contributed by atoms with Crippen molar-refractivity contribution in [2.75, 3.05) is 27.0 Å². The number of methoxy groups -OCH3 is 1. The second-order valence-corrected chi connectivity index (χ2v) is 10.1. The molecule has 0 spiro atoms. The molecule has 2 aromatic carbocycles. The second kappa shape index (κ2) is 11.2. The van der Waals surface area contributed by atoms with Gasteiger partial charge in [0.1, 0.15) is 11.5 Å². The van der Waals surface area contributed by atoms with E-state index in [9.17, 15) is 13.2 Å². The van der Waals surface area contributed by atoms with Crippen LogP contribution in [0.1, 0.15) is 37.4 Å². The summed E-state index contributed by atoms with van der Waals surface area (Å²) in [7, 11) is -0.0883. The van der Waals surface area contributed by atoms with Crippen LogP contribution in [0, 0.1) is 5.92 Å². The molecule has 31 heavy (non-hydrogen) atoms. The van der Waals surface area contributed by atoms with Crippen LogP contribution in [0.4, 0.5) is 0 Å². The Kier molecular flexibility index (Phi) is 8.88. The predicted octanol–water partition coefficient (Wildman–Crippen LogP) is 3.37. The molecule has 1 atom stereocenters. The number of amides is 1. The van der Waals surface area contributed by atoms with Crippen LogP contribution in [0.3, 0.4) is 0 Å². The first kappa shape index (κ1) is 24.7. The highest BCUT2D eigenvalue weighted by Gasteiger charge is 2.17. The van der Waals surface area contributed by atoms with Gasteiger partial charge in [0, 0.05) is 13.6 Å². The maximum Gasteiger partial charge on any atom is 0.258 e. The SMILES string of the molecule is COc1ccc([C@H](CC(C)C)NC(=O)COc2ccc(CN(C)S(C)(=O)=O)cc2)cc1. The molecule has 0 unspecified atom stereocenters. The van der Waals surface area contributed by atoms with E-state index in [1.54, 1.807) is 31.4 Å². The van der Waals surface area contributed by atoms with Gasteiger partial charge in [0.25, 0.3) is 5.91 Å². The minimum absolute atomic E-state index is 0.104. The summed E-state index contributed by atoms with van der Waals surface area (Å²) in [5.41, 5.74) is 1.85. The zero-order valence-electron chi connectivity index (χ0n) is 18.8. The number of hydrogen-bond acceptors (Lipinski definition) is 5. The molecule has 2 aromatic rings. The largest absolute Gasteiger partial charge is 0.497 e. The van der Waals surface area contributed by atoms with Gasteiger partial charge in [-0.15, -0.1) is 0 Å². The molecule has 2 rings (SSSR count). The molecule has 1 amide bonds.